The molecule has 4 heteroatoms. The van der Waals surface area contributed by atoms with Crippen LogP contribution in [0.1, 0.15) is 54.9 Å². The van der Waals surface area contributed by atoms with Crippen LogP contribution < -0.4 is 5.32 Å². The first-order valence-electron chi connectivity index (χ1n) is 7.55. The van der Waals surface area contributed by atoms with E-state index in [2.05, 4.69) is 12.2 Å². The molecule has 0 bridgehead atoms. The van der Waals surface area contributed by atoms with Gasteiger partial charge in [0.15, 0.2) is 0 Å². The van der Waals surface area contributed by atoms with Crippen LogP contribution in [0.5, 0.6) is 0 Å². The highest BCUT2D eigenvalue weighted by Gasteiger charge is 2.23. The number of ether oxygens (including phenoxy) is 1. The maximum absolute atomic E-state index is 5.59. The molecule has 1 unspecified atom stereocenters. The lowest BCUT2D eigenvalue weighted by atomic mass is 9.98. The highest BCUT2D eigenvalue weighted by Crippen LogP contribution is 2.26. The van der Waals surface area contributed by atoms with Crippen LogP contribution in [0, 0.1) is 0 Å². The number of aryl methyl sites for hydroxylation is 1. The van der Waals surface area contributed by atoms with Gasteiger partial charge in [-0.15, -0.1) is 0 Å². The van der Waals surface area contributed by atoms with Crippen molar-refractivity contribution in [3.8, 4) is 0 Å². The zero-order valence-electron chi connectivity index (χ0n) is 11.7. The molecule has 0 aromatic carbocycles. The molecule has 1 atom stereocenters. The Hall–Kier alpha value is -1.00. The van der Waals surface area contributed by atoms with Crippen LogP contribution in [0.15, 0.2) is 0 Å². The summed E-state index contributed by atoms with van der Waals surface area (Å²) >= 11 is 0. The lowest BCUT2D eigenvalue weighted by Crippen LogP contribution is -2.28. The van der Waals surface area contributed by atoms with Gasteiger partial charge >= 0.3 is 0 Å². The topological polar surface area (TPSA) is 47.0 Å². The van der Waals surface area contributed by atoms with Crippen LogP contribution in [0.4, 0.5) is 0 Å². The van der Waals surface area contributed by atoms with E-state index in [9.17, 15) is 0 Å². The average Bonchev–Trinajstić information content (AvgIpc) is 2.48. The minimum absolute atomic E-state index is 0.407. The smallest absolute Gasteiger partial charge is 0.134 e. The van der Waals surface area contributed by atoms with Gasteiger partial charge in [-0.1, -0.05) is 13.3 Å². The maximum atomic E-state index is 5.59. The largest absolute Gasteiger partial charge is 0.381 e. The highest BCUT2D eigenvalue weighted by molar-refractivity contribution is 5.29. The van der Waals surface area contributed by atoms with Crippen LogP contribution >= 0.6 is 0 Å². The summed E-state index contributed by atoms with van der Waals surface area (Å²) in [5, 5.41) is 3.43. The van der Waals surface area contributed by atoms with E-state index in [1.54, 1.807) is 0 Å². The zero-order valence-corrected chi connectivity index (χ0v) is 11.7. The van der Waals surface area contributed by atoms with Crippen molar-refractivity contribution < 1.29 is 4.74 Å². The molecule has 0 radical (unpaired) electrons. The van der Waals surface area contributed by atoms with Crippen molar-refractivity contribution in [2.75, 3.05) is 19.8 Å². The SMILES string of the molecule is CCCc1nc(C2CCCOC2)nc2c1CNCC2. The van der Waals surface area contributed by atoms with E-state index in [-0.39, 0.29) is 0 Å². The first kappa shape index (κ1) is 13.0. The van der Waals surface area contributed by atoms with E-state index in [0.29, 0.717) is 5.92 Å². The van der Waals surface area contributed by atoms with Crippen molar-refractivity contribution in [3.63, 3.8) is 0 Å². The van der Waals surface area contributed by atoms with Crippen LogP contribution in [0.3, 0.4) is 0 Å². The zero-order chi connectivity index (χ0) is 13.1. The van der Waals surface area contributed by atoms with Gasteiger partial charge in [-0.05, 0) is 19.3 Å². The Morgan fingerprint density at radius 3 is 3.11 bits per heavy atom. The molecule has 0 spiro atoms. The molecule has 1 aromatic heterocycles. The van der Waals surface area contributed by atoms with E-state index in [1.807, 2.05) is 0 Å². The van der Waals surface area contributed by atoms with Gasteiger partial charge in [0.25, 0.3) is 0 Å². The Morgan fingerprint density at radius 2 is 2.32 bits per heavy atom. The van der Waals surface area contributed by atoms with E-state index in [4.69, 9.17) is 14.7 Å². The molecule has 1 aromatic rings. The lowest BCUT2D eigenvalue weighted by Gasteiger charge is -2.25. The summed E-state index contributed by atoms with van der Waals surface area (Å²) in [6.45, 7) is 5.88. The summed E-state index contributed by atoms with van der Waals surface area (Å²) in [5.74, 6) is 1.44. The average molecular weight is 261 g/mol. The monoisotopic (exact) mass is 261 g/mol. The van der Waals surface area contributed by atoms with Gasteiger partial charge in [0.1, 0.15) is 5.82 Å². The van der Waals surface area contributed by atoms with Gasteiger partial charge in [0, 0.05) is 43.3 Å². The molecule has 104 valence electrons. The second-order valence-electron chi connectivity index (χ2n) is 5.54. The summed E-state index contributed by atoms with van der Waals surface area (Å²) < 4.78 is 5.59. The molecule has 19 heavy (non-hydrogen) atoms. The van der Waals surface area contributed by atoms with Gasteiger partial charge in [-0.3, -0.25) is 0 Å². The number of nitrogens with zero attached hydrogens (tertiary/aromatic N) is 2. The minimum atomic E-state index is 0.407. The van der Waals surface area contributed by atoms with E-state index in [0.717, 1.165) is 57.8 Å². The Labute approximate surface area is 115 Å². The fraction of sp³-hybridized carbons (Fsp3) is 0.733. The molecule has 1 saturated heterocycles. The Kier molecular flexibility index (Phi) is 4.09. The molecular weight excluding hydrogens is 238 g/mol. The molecule has 0 aliphatic carbocycles. The second kappa shape index (κ2) is 5.97. The summed E-state index contributed by atoms with van der Waals surface area (Å²) in [7, 11) is 0. The first-order valence-corrected chi connectivity index (χ1v) is 7.55. The Morgan fingerprint density at radius 1 is 1.37 bits per heavy atom. The predicted molar refractivity (Wildman–Crippen MR) is 74.2 cm³/mol. The molecule has 3 heterocycles. The summed E-state index contributed by atoms with van der Waals surface area (Å²) in [6.07, 6.45) is 5.55. The lowest BCUT2D eigenvalue weighted by molar-refractivity contribution is 0.0779. The molecule has 0 saturated carbocycles. The van der Waals surface area contributed by atoms with Crippen LogP contribution in [0.2, 0.25) is 0 Å². The molecular formula is C15H23N3O. The van der Waals surface area contributed by atoms with Gasteiger partial charge in [-0.2, -0.15) is 0 Å². The summed E-state index contributed by atoms with van der Waals surface area (Å²) in [5.41, 5.74) is 3.90. The van der Waals surface area contributed by atoms with E-state index >= 15 is 0 Å². The predicted octanol–water partition coefficient (Wildman–Crippen LogP) is 1.97. The van der Waals surface area contributed by atoms with Gasteiger partial charge in [-0.25, -0.2) is 9.97 Å². The molecule has 2 aliphatic rings. The fourth-order valence-corrected chi connectivity index (χ4v) is 3.00. The van der Waals surface area contributed by atoms with Gasteiger partial charge < -0.3 is 10.1 Å². The Bertz CT molecular complexity index is 441. The fourth-order valence-electron chi connectivity index (χ4n) is 3.00. The Balaban J connectivity index is 1.93. The molecule has 0 amide bonds. The van der Waals surface area contributed by atoms with Crippen molar-refractivity contribution >= 4 is 0 Å². The third kappa shape index (κ3) is 2.79. The molecule has 4 nitrogen and oxygen atoms in total. The normalized spacial score (nSPS) is 23.1. The van der Waals surface area contributed by atoms with Crippen molar-refractivity contribution in [2.24, 2.45) is 0 Å². The number of aromatic nitrogens is 2. The summed E-state index contributed by atoms with van der Waals surface area (Å²) in [6, 6.07) is 0. The molecule has 1 N–H and O–H groups in total. The highest BCUT2D eigenvalue weighted by atomic mass is 16.5. The third-order valence-electron chi connectivity index (χ3n) is 4.05. The number of hydrogen-bond donors (Lipinski definition) is 1. The molecule has 3 rings (SSSR count). The minimum Gasteiger partial charge on any atom is -0.381 e. The van der Waals surface area contributed by atoms with Crippen molar-refractivity contribution in [3.05, 3.63) is 22.8 Å². The van der Waals surface area contributed by atoms with Gasteiger partial charge in [0.2, 0.25) is 0 Å². The van der Waals surface area contributed by atoms with Crippen molar-refractivity contribution in [1.29, 1.82) is 0 Å². The maximum Gasteiger partial charge on any atom is 0.134 e. The molecule has 2 aliphatic heterocycles. The summed E-state index contributed by atoms with van der Waals surface area (Å²) in [4.78, 5) is 9.72. The first-order chi connectivity index (χ1) is 9.38. The van der Waals surface area contributed by atoms with Crippen LogP contribution in [-0.4, -0.2) is 29.7 Å². The van der Waals surface area contributed by atoms with Gasteiger partial charge in [0.05, 0.1) is 12.3 Å². The van der Waals surface area contributed by atoms with Crippen LogP contribution in [0.25, 0.3) is 0 Å². The molecule has 1 fully saturated rings. The van der Waals surface area contributed by atoms with Crippen LogP contribution in [-0.2, 0) is 24.1 Å². The number of rotatable bonds is 3. The quantitative estimate of drug-likeness (QED) is 0.903. The van der Waals surface area contributed by atoms with E-state index < -0.39 is 0 Å². The van der Waals surface area contributed by atoms with Crippen molar-refractivity contribution in [1.82, 2.24) is 15.3 Å². The standard InChI is InChI=1S/C15H23N3O/c1-2-4-13-12-9-16-7-6-14(12)18-15(17-13)11-5-3-8-19-10-11/h11,16H,2-10H2,1H3. The van der Waals surface area contributed by atoms with Crippen molar-refractivity contribution in [2.45, 2.75) is 51.5 Å². The van der Waals surface area contributed by atoms with E-state index in [1.165, 1.54) is 23.4 Å². The third-order valence-corrected chi connectivity index (χ3v) is 4.05. The number of nitrogens with one attached hydrogen (secondary N) is 1. The number of fused-ring (bicyclic) bond motifs is 1. The second-order valence-corrected chi connectivity index (χ2v) is 5.54. The number of hydrogen-bond acceptors (Lipinski definition) is 4.